The van der Waals surface area contributed by atoms with Crippen molar-refractivity contribution in [3.8, 4) is 0 Å². The van der Waals surface area contributed by atoms with E-state index in [1.165, 1.54) is 12.8 Å². The Morgan fingerprint density at radius 2 is 2.00 bits per heavy atom. The summed E-state index contributed by atoms with van der Waals surface area (Å²) in [6.45, 7) is 8.41. The fourth-order valence-electron chi connectivity index (χ4n) is 3.85. The third-order valence-electron chi connectivity index (χ3n) is 5.28. The highest BCUT2D eigenvalue weighted by atomic mass is 16.5. The maximum atomic E-state index is 12.9. The van der Waals surface area contributed by atoms with Crippen LogP contribution < -0.4 is 0 Å². The molecule has 0 radical (unpaired) electrons. The number of hydrogen-bond donors (Lipinski definition) is 1. The molecule has 138 valence electrons. The molecule has 1 atom stereocenters. The predicted octanol–water partition coefficient (Wildman–Crippen LogP) is 1.53. The largest absolute Gasteiger partial charge is 0.384 e. The fraction of sp³-hybridized carbons (Fsp3) is 0.650. The molecule has 0 saturated carbocycles. The van der Waals surface area contributed by atoms with Crippen molar-refractivity contribution in [2.24, 2.45) is 0 Å². The molecule has 1 amide bonds. The van der Waals surface area contributed by atoms with Gasteiger partial charge < -0.3 is 19.6 Å². The van der Waals surface area contributed by atoms with Crippen molar-refractivity contribution in [2.75, 3.05) is 45.9 Å². The number of nitrogens with zero attached hydrogens (tertiary/aromatic N) is 2. The fourth-order valence-corrected chi connectivity index (χ4v) is 3.85. The van der Waals surface area contributed by atoms with Gasteiger partial charge in [0.1, 0.15) is 5.60 Å². The maximum Gasteiger partial charge on any atom is 0.227 e. The number of carbonyl (C=O) groups excluding carboxylic acids is 1. The Labute approximate surface area is 150 Å². The molecule has 1 N–H and O–H groups in total. The highest BCUT2D eigenvalue weighted by molar-refractivity contribution is 5.79. The van der Waals surface area contributed by atoms with Crippen molar-refractivity contribution < 1.29 is 14.6 Å². The molecule has 1 aromatic carbocycles. The number of rotatable bonds is 4. The minimum Gasteiger partial charge on any atom is -0.384 e. The van der Waals surface area contributed by atoms with Gasteiger partial charge in [-0.15, -0.1) is 0 Å². The van der Waals surface area contributed by atoms with Crippen molar-refractivity contribution in [1.82, 2.24) is 9.80 Å². The number of carbonyl (C=O) groups is 1. The van der Waals surface area contributed by atoms with Crippen LogP contribution in [-0.2, 0) is 16.0 Å². The Bertz CT molecular complexity index is 613. The minimum atomic E-state index is -0.974. The monoisotopic (exact) mass is 346 g/mol. The summed E-state index contributed by atoms with van der Waals surface area (Å²) in [5.74, 6) is 0.0686. The minimum absolute atomic E-state index is 0.0686. The molecule has 0 unspecified atom stereocenters. The van der Waals surface area contributed by atoms with Crippen LogP contribution in [0.3, 0.4) is 0 Å². The van der Waals surface area contributed by atoms with E-state index < -0.39 is 5.60 Å². The number of hydrogen-bond acceptors (Lipinski definition) is 4. The lowest BCUT2D eigenvalue weighted by Crippen LogP contribution is -2.53. The van der Waals surface area contributed by atoms with Crippen LogP contribution >= 0.6 is 0 Å². The highest BCUT2D eigenvalue weighted by Gasteiger charge is 2.36. The van der Waals surface area contributed by atoms with E-state index >= 15 is 0 Å². The third-order valence-corrected chi connectivity index (χ3v) is 5.28. The summed E-state index contributed by atoms with van der Waals surface area (Å²) in [5, 5.41) is 11.0. The number of amides is 1. The van der Waals surface area contributed by atoms with Gasteiger partial charge in [-0.2, -0.15) is 0 Å². The molecule has 2 aliphatic heterocycles. The van der Waals surface area contributed by atoms with Crippen molar-refractivity contribution >= 4 is 5.91 Å². The molecule has 25 heavy (non-hydrogen) atoms. The summed E-state index contributed by atoms with van der Waals surface area (Å²) in [6, 6.07) is 6.21. The van der Waals surface area contributed by atoms with Gasteiger partial charge in [-0.1, -0.05) is 23.8 Å². The van der Waals surface area contributed by atoms with Gasteiger partial charge in [0, 0.05) is 13.1 Å². The first kappa shape index (κ1) is 18.4. The van der Waals surface area contributed by atoms with Gasteiger partial charge in [0.2, 0.25) is 5.91 Å². The van der Waals surface area contributed by atoms with E-state index in [9.17, 15) is 9.90 Å². The third kappa shape index (κ3) is 4.81. The lowest BCUT2D eigenvalue weighted by atomic mass is 10.0. The molecule has 5 heteroatoms. The Morgan fingerprint density at radius 1 is 1.24 bits per heavy atom. The first-order valence-corrected chi connectivity index (χ1v) is 9.32. The van der Waals surface area contributed by atoms with E-state index in [0.717, 1.165) is 29.8 Å². The number of aliphatic hydroxyl groups is 1. The molecular formula is C20H30N2O3. The van der Waals surface area contributed by atoms with Crippen LogP contribution in [0.4, 0.5) is 0 Å². The standard InChI is InChI=1S/C20H30N2O3/c1-16-5-6-17(2)18(11-16)12-19(23)22-9-10-25-15-20(24,14-22)13-21-7-3-4-8-21/h5-6,11,24H,3-4,7-10,12-15H2,1-2H3/t20-/m1/s1. The van der Waals surface area contributed by atoms with Crippen molar-refractivity contribution in [2.45, 2.75) is 38.7 Å². The van der Waals surface area contributed by atoms with Crippen LogP contribution in [0.1, 0.15) is 29.5 Å². The summed E-state index contributed by atoms with van der Waals surface area (Å²) < 4.78 is 5.62. The first-order valence-electron chi connectivity index (χ1n) is 9.32. The van der Waals surface area contributed by atoms with E-state index in [-0.39, 0.29) is 5.91 Å². The summed E-state index contributed by atoms with van der Waals surface area (Å²) in [7, 11) is 0. The summed E-state index contributed by atoms with van der Waals surface area (Å²) in [6.07, 6.45) is 2.76. The van der Waals surface area contributed by atoms with E-state index in [1.54, 1.807) is 4.90 Å². The van der Waals surface area contributed by atoms with Crippen molar-refractivity contribution in [3.63, 3.8) is 0 Å². The Kier molecular flexibility index (Phi) is 5.77. The van der Waals surface area contributed by atoms with Gasteiger partial charge in [-0.05, 0) is 50.9 Å². The smallest absolute Gasteiger partial charge is 0.227 e. The average molecular weight is 346 g/mol. The van der Waals surface area contributed by atoms with Crippen LogP contribution in [-0.4, -0.2) is 72.4 Å². The lowest BCUT2D eigenvalue weighted by Gasteiger charge is -2.34. The number of aryl methyl sites for hydroxylation is 2. The molecule has 2 heterocycles. The quantitative estimate of drug-likeness (QED) is 0.898. The zero-order valence-corrected chi connectivity index (χ0v) is 15.5. The predicted molar refractivity (Wildman–Crippen MR) is 97.6 cm³/mol. The van der Waals surface area contributed by atoms with Gasteiger partial charge in [0.05, 0.1) is 26.2 Å². The number of benzene rings is 1. The molecule has 2 saturated heterocycles. The van der Waals surface area contributed by atoms with Crippen LogP contribution in [0.15, 0.2) is 18.2 Å². The second kappa shape index (κ2) is 7.85. The highest BCUT2D eigenvalue weighted by Crippen LogP contribution is 2.19. The molecule has 0 spiro atoms. The van der Waals surface area contributed by atoms with Crippen LogP contribution in [0.5, 0.6) is 0 Å². The second-order valence-corrected chi connectivity index (χ2v) is 7.68. The summed E-state index contributed by atoms with van der Waals surface area (Å²) >= 11 is 0. The molecule has 0 bridgehead atoms. The number of ether oxygens (including phenoxy) is 1. The normalized spacial score (nSPS) is 25.2. The number of β-amino-alcohol motifs (C(OH)–C–C–N with tert-alkyl or cyclic N) is 1. The molecular weight excluding hydrogens is 316 g/mol. The van der Waals surface area contributed by atoms with Gasteiger partial charge in [-0.25, -0.2) is 0 Å². The average Bonchev–Trinajstić information content (AvgIpc) is 2.98. The molecule has 2 fully saturated rings. The zero-order chi connectivity index (χ0) is 17.9. The molecule has 0 aromatic heterocycles. The van der Waals surface area contributed by atoms with Gasteiger partial charge >= 0.3 is 0 Å². The van der Waals surface area contributed by atoms with Gasteiger partial charge in [-0.3, -0.25) is 4.79 Å². The molecule has 5 nitrogen and oxygen atoms in total. The second-order valence-electron chi connectivity index (χ2n) is 7.68. The zero-order valence-electron chi connectivity index (χ0n) is 15.5. The van der Waals surface area contributed by atoms with Gasteiger partial charge in [0.15, 0.2) is 0 Å². The van der Waals surface area contributed by atoms with E-state index in [4.69, 9.17) is 4.74 Å². The number of likely N-dealkylation sites (tertiary alicyclic amines) is 1. The molecule has 3 rings (SSSR count). The van der Waals surface area contributed by atoms with E-state index in [0.29, 0.717) is 39.3 Å². The van der Waals surface area contributed by atoms with Gasteiger partial charge in [0.25, 0.3) is 0 Å². The molecule has 2 aliphatic rings. The van der Waals surface area contributed by atoms with E-state index in [2.05, 4.69) is 23.1 Å². The summed E-state index contributed by atoms with van der Waals surface area (Å²) in [4.78, 5) is 16.9. The first-order chi connectivity index (χ1) is 12.0. The Balaban J connectivity index is 1.67. The van der Waals surface area contributed by atoms with Crippen molar-refractivity contribution in [3.05, 3.63) is 34.9 Å². The maximum absolute atomic E-state index is 12.9. The van der Waals surface area contributed by atoms with E-state index in [1.807, 2.05) is 13.8 Å². The summed E-state index contributed by atoms with van der Waals surface area (Å²) in [5.41, 5.74) is 2.40. The Hall–Kier alpha value is -1.43. The van der Waals surface area contributed by atoms with Crippen LogP contribution in [0.2, 0.25) is 0 Å². The molecule has 0 aliphatic carbocycles. The van der Waals surface area contributed by atoms with Crippen molar-refractivity contribution in [1.29, 1.82) is 0 Å². The van der Waals surface area contributed by atoms with Crippen LogP contribution in [0, 0.1) is 13.8 Å². The Morgan fingerprint density at radius 3 is 2.76 bits per heavy atom. The molecule has 1 aromatic rings. The topological polar surface area (TPSA) is 53.0 Å². The van der Waals surface area contributed by atoms with Crippen LogP contribution in [0.25, 0.3) is 0 Å². The SMILES string of the molecule is Cc1ccc(C)c(CC(=O)N2CCOC[C@@](O)(CN3CCCC3)C2)c1. The lowest BCUT2D eigenvalue weighted by molar-refractivity contribution is -0.133.